The number of rotatable bonds is 14. The molecule has 2 N–H and O–H groups in total. The highest BCUT2D eigenvalue weighted by Crippen LogP contribution is 1.98. The fourth-order valence-electron chi connectivity index (χ4n) is 1.71. The molecule has 0 aromatic rings. The molecule has 6 heteroatoms. The zero-order valence-corrected chi connectivity index (χ0v) is 14.7. The molecule has 0 rings (SSSR count). The standard InChI is InChI=1S/C17H32N2O4/c1-5-16(20)18-10-14(3)12-22-8-7-9-23-13-15(4)11-19-17(21)6-2/h5,14-15H,1,6-13H2,2-4H3,(H,18,20)(H,19,21). The maximum Gasteiger partial charge on any atom is 0.243 e. The van der Waals surface area contributed by atoms with E-state index in [0.717, 1.165) is 6.42 Å². The molecule has 0 fully saturated rings. The number of hydrogen-bond donors (Lipinski definition) is 2. The third-order valence-electron chi connectivity index (χ3n) is 3.16. The van der Waals surface area contributed by atoms with Crippen LogP contribution in [-0.4, -0.2) is 51.3 Å². The lowest BCUT2D eigenvalue weighted by molar-refractivity contribution is -0.121. The van der Waals surface area contributed by atoms with Gasteiger partial charge >= 0.3 is 0 Å². The summed E-state index contributed by atoms with van der Waals surface area (Å²) in [6, 6.07) is 0. The van der Waals surface area contributed by atoms with E-state index in [1.807, 2.05) is 20.8 Å². The third kappa shape index (κ3) is 14.0. The molecule has 134 valence electrons. The van der Waals surface area contributed by atoms with Crippen molar-refractivity contribution in [3.05, 3.63) is 12.7 Å². The number of nitrogens with one attached hydrogen (secondary N) is 2. The molecular formula is C17H32N2O4. The molecule has 0 saturated carbocycles. The number of ether oxygens (including phenoxy) is 2. The van der Waals surface area contributed by atoms with Gasteiger partial charge in [-0.15, -0.1) is 0 Å². The Hall–Kier alpha value is -1.40. The fraction of sp³-hybridized carbons (Fsp3) is 0.765. The predicted octanol–water partition coefficient (Wildman–Crippen LogP) is 1.51. The Morgan fingerprint density at radius 1 is 1.04 bits per heavy atom. The van der Waals surface area contributed by atoms with Crippen LogP contribution in [0, 0.1) is 11.8 Å². The highest BCUT2D eigenvalue weighted by Gasteiger charge is 2.05. The summed E-state index contributed by atoms with van der Waals surface area (Å²) in [6.07, 6.45) is 2.61. The van der Waals surface area contributed by atoms with E-state index >= 15 is 0 Å². The molecular weight excluding hydrogens is 296 g/mol. The molecule has 0 saturated heterocycles. The maximum atomic E-state index is 11.1. The van der Waals surface area contributed by atoms with Crippen LogP contribution in [0.1, 0.15) is 33.6 Å². The molecule has 0 aliphatic rings. The minimum Gasteiger partial charge on any atom is -0.381 e. The predicted molar refractivity (Wildman–Crippen MR) is 91.1 cm³/mol. The van der Waals surface area contributed by atoms with Gasteiger partial charge in [-0.1, -0.05) is 27.4 Å². The Kier molecular flexibility index (Phi) is 13.3. The van der Waals surface area contributed by atoms with Crippen LogP contribution in [-0.2, 0) is 19.1 Å². The Balaban J connectivity index is 3.40. The fourth-order valence-corrected chi connectivity index (χ4v) is 1.71. The van der Waals surface area contributed by atoms with Crippen LogP contribution in [0.2, 0.25) is 0 Å². The van der Waals surface area contributed by atoms with Gasteiger partial charge in [-0.2, -0.15) is 0 Å². The van der Waals surface area contributed by atoms with Crippen molar-refractivity contribution in [3.63, 3.8) is 0 Å². The average molecular weight is 328 g/mol. The molecule has 23 heavy (non-hydrogen) atoms. The molecule has 0 aliphatic heterocycles. The lowest BCUT2D eigenvalue weighted by Gasteiger charge is -2.14. The van der Waals surface area contributed by atoms with Crippen LogP contribution in [0.15, 0.2) is 12.7 Å². The van der Waals surface area contributed by atoms with Crippen molar-refractivity contribution < 1.29 is 19.1 Å². The Labute approximate surface area is 140 Å². The van der Waals surface area contributed by atoms with Gasteiger partial charge in [0.05, 0.1) is 13.2 Å². The van der Waals surface area contributed by atoms with E-state index < -0.39 is 0 Å². The van der Waals surface area contributed by atoms with Gasteiger partial charge in [0.15, 0.2) is 0 Å². The van der Waals surface area contributed by atoms with Gasteiger partial charge in [0.25, 0.3) is 0 Å². The van der Waals surface area contributed by atoms with E-state index in [1.165, 1.54) is 6.08 Å². The van der Waals surface area contributed by atoms with E-state index in [4.69, 9.17) is 9.47 Å². The van der Waals surface area contributed by atoms with Crippen LogP contribution in [0.25, 0.3) is 0 Å². The molecule has 2 unspecified atom stereocenters. The van der Waals surface area contributed by atoms with Crippen LogP contribution >= 0.6 is 0 Å². The van der Waals surface area contributed by atoms with Crippen molar-refractivity contribution in [2.75, 3.05) is 39.5 Å². The van der Waals surface area contributed by atoms with Crippen molar-refractivity contribution in [1.82, 2.24) is 10.6 Å². The first-order valence-electron chi connectivity index (χ1n) is 8.32. The van der Waals surface area contributed by atoms with Crippen LogP contribution in [0.4, 0.5) is 0 Å². The first kappa shape index (κ1) is 21.6. The zero-order valence-electron chi connectivity index (χ0n) is 14.7. The molecule has 0 radical (unpaired) electrons. The molecule has 0 spiro atoms. The van der Waals surface area contributed by atoms with Crippen molar-refractivity contribution in [2.24, 2.45) is 11.8 Å². The maximum absolute atomic E-state index is 11.1. The van der Waals surface area contributed by atoms with Gasteiger partial charge in [-0.25, -0.2) is 0 Å². The summed E-state index contributed by atoms with van der Waals surface area (Å²) in [7, 11) is 0. The van der Waals surface area contributed by atoms with Crippen LogP contribution in [0.5, 0.6) is 0 Å². The summed E-state index contributed by atoms with van der Waals surface area (Å²) in [5.41, 5.74) is 0. The van der Waals surface area contributed by atoms with Crippen LogP contribution < -0.4 is 10.6 Å². The monoisotopic (exact) mass is 328 g/mol. The molecule has 0 heterocycles. The second kappa shape index (κ2) is 14.2. The van der Waals surface area contributed by atoms with E-state index in [-0.39, 0.29) is 17.7 Å². The summed E-state index contributed by atoms with van der Waals surface area (Å²) in [6.45, 7) is 13.1. The summed E-state index contributed by atoms with van der Waals surface area (Å²) < 4.78 is 11.1. The third-order valence-corrected chi connectivity index (χ3v) is 3.16. The van der Waals surface area contributed by atoms with Gasteiger partial charge in [0, 0.05) is 32.7 Å². The summed E-state index contributed by atoms with van der Waals surface area (Å²) in [5, 5.41) is 5.59. The number of amides is 2. The van der Waals surface area contributed by atoms with Crippen LogP contribution in [0.3, 0.4) is 0 Å². The van der Waals surface area contributed by atoms with E-state index in [9.17, 15) is 9.59 Å². The minimum absolute atomic E-state index is 0.0728. The quantitative estimate of drug-likeness (QED) is 0.374. The van der Waals surface area contributed by atoms with Gasteiger partial charge in [0.1, 0.15) is 0 Å². The molecule has 6 nitrogen and oxygen atoms in total. The Bertz CT molecular complexity index is 347. The average Bonchev–Trinajstić information content (AvgIpc) is 2.56. The number of carbonyl (C=O) groups excluding carboxylic acids is 2. The molecule has 0 aromatic carbocycles. The molecule has 2 amide bonds. The molecule has 0 aromatic heterocycles. The highest BCUT2D eigenvalue weighted by molar-refractivity contribution is 5.86. The zero-order chi connectivity index (χ0) is 17.5. The summed E-state index contributed by atoms with van der Waals surface area (Å²) in [4.78, 5) is 22.1. The largest absolute Gasteiger partial charge is 0.381 e. The van der Waals surface area contributed by atoms with Crippen molar-refractivity contribution >= 4 is 11.8 Å². The van der Waals surface area contributed by atoms with E-state index in [1.54, 1.807) is 0 Å². The van der Waals surface area contributed by atoms with Crippen molar-refractivity contribution in [1.29, 1.82) is 0 Å². The van der Waals surface area contributed by atoms with Gasteiger partial charge in [-0.05, 0) is 24.3 Å². The molecule has 2 atom stereocenters. The van der Waals surface area contributed by atoms with Gasteiger partial charge in [-0.3, -0.25) is 9.59 Å². The second-order valence-electron chi connectivity index (χ2n) is 5.82. The Morgan fingerprint density at radius 2 is 1.57 bits per heavy atom. The lowest BCUT2D eigenvalue weighted by atomic mass is 10.2. The first-order chi connectivity index (χ1) is 11.0. The van der Waals surface area contributed by atoms with E-state index in [2.05, 4.69) is 17.2 Å². The summed E-state index contributed by atoms with van der Waals surface area (Å²) >= 11 is 0. The molecule has 0 bridgehead atoms. The lowest BCUT2D eigenvalue weighted by Crippen LogP contribution is -2.29. The Morgan fingerprint density at radius 3 is 2.04 bits per heavy atom. The van der Waals surface area contributed by atoms with Gasteiger partial charge < -0.3 is 20.1 Å². The van der Waals surface area contributed by atoms with Gasteiger partial charge in [0.2, 0.25) is 11.8 Å². The minimum atomic E-state index is -0.158. The first-order valence-corrected chi connectivity index (χ1v) is 8.32. The van der Waals surface area contributed by atoms with Crippen molar-refractivity contribution in [3.8, 4) is 0 Å². The SMILES string of the molecule is C=CC(=O)NCC(C)COCCCOCC(C)CNC(=O)CC. The smallest absolute Gasteiger partial charge is 0.243 e. The van der Waals surface area contributed by atoms with Crippen molar-refractivity contribution in [2.45, 2.75) is 33.6 Å². The topological polar surface area (TPSA) is 76.7 Å². The second-order valence-corrected chi connectivity index (χ2v) is 5.82. The molecule has 0 aliphatic carbocycles. The number of carbonyl (C=O) groups is 2. The summed E-state index contributed by atoms with van der Waals surface area (Å²) in [5.74, 6) is 0.486. The number of hydrogen-bond acceptors (Lipinski definition) is 4. The van der Waals surface area contributed by atoms with E-state index in [0.29, 0.717) is 51.9 Å². The normalized spacial score (nSPS) is 13.2. The highest BCUT2D eigenvalue weighted by atomic mass is 16.5.